The van der Waals surface area contributed by atoms with E-state index in [4.69, 9.17) is 5.26 Å². The molecule has 19 heavy (non-hydrogen) atoms. The number of azo groups is 1. The molecule has 0 saturated carbocycles. The average Bonchev–Trinajstić information content (AvgIpc) is 3.04. The van der Waals surface area contributed by atoms with E-state index in [1.165, 1.54) is 6.20 Å². The Labute approximate surface area is 108 Å². The SMILES string of the molecule is C1=C2N=NN=C2N=N1.N#CCC(=O)c1ccccc1. The summed E-state index contributed by atoms with van der Waals surface area (Å²) in [5.41, 5.74) is 1.26. The smallest absolute Gasteiger partial charge is 0.227 e. The number of benzene rings is 1. The van der Waals surface area contributed by atoms with E-state index in [2.05, 4.69) is 25.7 Å². The van der Waals surface area contributed by atoms with Crippen LogP contribution in [0, 0.1) is 11.3 Å². The topological polar surface area (TPSA) is 103 Å². The van der Waals surface area contributed by atoms with Crippen molar-refractivity contribution in [2.24, 2.45) is 25.7 Å². The third kappa shape index (κ3) is 3.23. The molecule has 0 radical (unpaired) electrons. The van der Waals surface area contributed by atoms with Crippen LogP contribution < -0.4 is 0 Å². The molecule has 0 spiro atoms. The van der Waals surface area contributed by atoms with E-state index in [1.807, 2.05) is 12.1 Å². The Kier molecular flexibility index (Phi) is 3.97. The van der Waals surface area contributed by atoms with Gasteiger partial charge in [0, 0.05) is 5.56 Å². The molecule has 2 aliphatic rings. The molecule has 7 heteroatoms. The van der Waals surface area contributed by atoms with Crippen molar-refractivity contribution in [2.75, 3.05) is 0 Å². The second-order valence-corrected chi connectivity index (χ2v) is 3.47. The monoisotopic (exact) mass is 252 g/mol. The summed E-state index contributed by atoms with van der Waals surface area (Å²) in [6.07, 6.45) is 1.49. The highest BCUT2D eigenvalue weighted by atomic mass is 16.1. The number of nitrogens with zero attached hydrogens (tertiary/aromatic N) is 6. The van der Waals surface area contributed by atoms with Gasteiger partial charge < -0.3 is 0 Å². The lowest BCUT2D eigenvalue weighted by molar-refractivity contribution is 0.0997. The van der Waals surface area contributed by atoms with Crippen LogP contribution in [-0.2, 0) is 0 Å². The van der Waals surface area contributed by atoms with Crippen LogP contribution >= 0.6 is 0 Å². The number of nitriles is 1. The van der Waals surface area contributed by atoms with Crippen LogP contribution in [0.4, 0.5) is 0 Å². The molecule has 0 fully saturated rings. The number of carbonyl (C=O) groups excluding carboxylic acids is 1. The molecule has 3 rings (SSSR count). The van der Waals surface area contributed by atoms with Gasteiger partial charge in [-0.1, -0.05) is 30.3 Å². The van der Waals surface area contributed by atoms with Crippen LogP contribution in [0.3, 0.4) is 0 Å². The van der Waals surface area contributed by atoms with Gasteiger partial charge in [0.2, 0.25) is 5.84 Å². The van der Waals surface area contributed by atoms with Gasteiger partial charge in [0.1, 0.15) is 0 Å². The van der Waals surface area contributed by atoms with E-state index in [1.54, 1.807) is 24.3 Å². The second kappa shape index (κ2) is 6.07. The number of carbonyl (C=O) groups is 1. The fourth-order valence-electron chi connectivity index (χ4n) is 1.30. The Morgan fingerprint density at radius 1 is 1.21 bits per heavy atom. The highest BCUT2D eigenvalue weighted by Gasteiger charge is 2.14. The number of hydrogen-bond donors (Lipinski definition) is 0. The Morgan fingerprint density at radius 3 is 2.68 bits per heavy atom. The lowest BCUT2D eigenvalue weighted by Crippen LogP contribution is -1.95. The van der Waals surface area contributed by atoms with Crippen molar-refractivity contribution in [3.63, 3.8) is 0 Å². The summed E-state index contributed by atoms with van der Waals surface area (Å²) in [4.78, 5) is 11.0. The van der Waals surface area contributed by atoms with E-state index < -0.39 is 0 Å². The Hall–Kier alpha value is -3.01. The quantitative estimate of drug-likeness (QED) is 0.755. The van der Waals surface area contributed by atoms with Crippen LogP contribution in [0.25, 0.3) is 0 Å². The number of fused-ring (bicyclic) bond motifs is 1. The molecule has 2 heterocycles. The third-order valence-corrected chi connectivity index (χ3v) is 2.19. The molecule has 7 nitrogen and oxygen atoms in total. The van der Waals surface area contributed by atoms with Crippen LogP contribution in [0.2, 0.25) is 0 Å². The maximum Gasteiger partial charge on any atom is 0.227 e. The fourth-order valence-corrected chi connectivity index (χ4v) is 1.30. The zero-order valence-electron chi connectivity index (χ0n) is 9.76. The molecule has 0 atom stereocenters. The average molecular weight is 252 g/mol. The summed E-state index contributed by atoms with van der Waals surface area (Å²) >= 11 is 0. The van der Waals surface area contributed by atoms with Gasteiger partial charge in [0.15, 0.2) is 11.5 Å². The van der Waals surface area contributed by atoms with Gasteiger partial charge in [0.05, 0.1) is 18.7 Å². The molecule has 0 bridgehead atoms. The van der Waals surface area contributed by atoms with Gasteiger partial charge in [0.25, 0.3) is 0 Å². The zero-order valence-corrected chi connectivity index (χ0v) is 9.76. The highest BCUT2D eigenvalue weighted by Crippen LogP contribution is 2.15. The first-order valence-electron chi connectivity index (χ1n) is 5.36. The molecule has 92 valence electrons. The van der Waals surface area contributed by atoms with Crippen molar-refractivity contribution in [1.82, 2.24) is 0 Å². The van der Waals surface area contributed by atoms with Crippen LogP contribution in [0.5, 0.6) is 0 Å². The maximum absolute atomic E-state index is 11.0. The first-order valence-corrected chi connectivity index (χ1v) is 5.36. The number of Topliss-reactive ketones (excluding diaryl/α,β-unsaturated/α-hetero) is 1. The van der Waals surface area contributed by atoms with Crippen molar-refractivity contribution in [3.05, 3.63) is 47.8 Å². The molecular weight excluding hydrogens is 244 g/mol. The molecule has 0 aromatic heterocycles. The fraction of sp³-hybridized carbons (Fsp3) is 0.0833. The van der Waals surface area contributed by atoms with Crippen molar-refractivity contribution >= 4 is 11.6 Å². The van der Waals surface area contributed by atoms with Crippen molar-refractivity contribution < 1.29 is 4.79 Å². The molecule has 2 aliphatic heterocycles. The minimum absolute atomic E-state index is 0.0377. The molecule has 0 N–H and O–H groups in total. The molecule has 0 aliphatic carbocycles. The zero-order chi connectivity index (χ0) is 13.5. The van der Waals surface area contributed by atoms with Gasteiger partial charge >= 0.3 is 0 Å². The second-order valence-electron chi connectivity index (χ2n) is 3.47. The van der Waals surface area contributed by atoms with Crippen LogP contribution in [-0.4, -0.2) is 11.6 Å². The summed E-state index contributed by atoms with van der Waals surface area (Å²) in [5, 5.41) is 25.9. The maximum atomic E-state index is 11.0. The van der Waals surface area contributed by atoms with Crippen LogP contribution in [0.1, 0.15) is 16.8 Å². The number of ketones is 1. The normalized spacial score (nSPS) is 13.8. The number of hydrogen-bond acceptors (Lipinski definition) is 7. The van der Waals surface area contributed by atoms with E-state index in [9.17, 15) is 4.79 Å². The summed E-state index contributed by atoms with van der Waals surface area (Å²) in [6, 6.07) is 10.6. The number of amidine groups is 1. The Bertz CT molecular complexity index is 610. The predicted molar refractivity (Wildman–Crippen MR) is 66.2 cm³/mol. The first kappa shape index (κ1) is 12.4. The molecule has 1 aromatic rings. The van der Waals surface area contributed by atoms with Gasteiger partial charge in [-0.2, -0.15) is 10.4 Å². The first-order chi connectivity index (χ1) is 9.31. The van der Waals surface area contributed by atoms with Crippen molar-refractivity contribution in [1.29, 1.82) is 5.26 Å². The Morgan fingerprint density at radius 2 is 2.00 bits per heavy atom. The van der Waals surface area contributed by atoms with Crippen LogP contribution in [0.15, 0.2) is 67.9 Å². The highest BCUT2D eigenvalue weighted by molar-refractivity contribution is 6.00. The standard InChI is InChI=1S/C9H7NO.C3HN5/c10-7-6-9(11)8-4-2-1-3-5-8;1-2-3(6-4-1)7-8-5-2/h1-5H,6H2;1H. The largest absolute Gasteiger partial charge is 0.293 e. The minimum atomic E-state index is -0.117. The van der Waals surface area contributed by atoms with E-state index in [-0.39, 0.29) is 12.2 Å². The summed E-state index contributed by atoms with van der Waals surface area (Å²) in [5.74, 6) is 0.401. The lowest BCUT2D eigenvalue weighted by Gasteiger charge is -1.92. The van der Waals surface area contributed by atoms with Gasteiger partial charge in [-0.25, -0.2) is 0 Å². The predicted octanol–water partition coefficient (Wildman–Crippen LogP) is 2.86. The van der Waals surface area contributed by atoms with Gasteiger partial charge in [-0.3, -0.25) is 4.79 Å². The minimum Gasteiger partial charge on any atom is -0.293 e. The summed E-state index contributed by atoms with van der Waals surface area (Å²) < 4.78 is 0. The molecular formula is C12H8N6O. The molecule has 1 aromatic carbocycles. The molecule has 0 amide bonds. The van der Waals surface area contributed by atoms with E-state index in [0.717, 1.165) is 0 Å². The van der Waals surface area contributed by atoms with E-state index >= 15 is 0 Å². The van der Waals surface area contributed by atoms with Crippen molar-refractivity contribution in [3.8, 4) is 6.07 Å². The van der Waals surface area contributed by atoms with Gasteiger partial charge in [-0.05, 0) is 5.22 Å². The lowest BCUT2D eigenvalue weighted by atomic mass is 10.1. The van der Waals surface area contributed by atoms with E-state index in [0.29, 0.717) is 17.1 Å². The Balaban J connectivity index is 0.000000146. The number of rotatable bonds is 2. The molecule has 0 saturated heterocycles. The van der Waals surface area contributed by atoms with Gasteiger partial charge in [-0.15, -0.1) is 15.3 Å². The van der Waals surface area contributed by atoms with Crippen molar-refractivity contribution in [2.45, 2.75) is 6.42 Å². The third-order valence-electron chi connectivity index (χ3n) is 2.19. The summed E-state index contributed by atoms with van der Waals surface area (Å²) in [6.45, 7) is 0. The summed E-state index contributed by atoms with van der Waals surface area (Å²) in [7, 11) is 0. The molecule has 0 unspecified atom stereocenters.